The van der Waals surface area contributed by atoms with Crippen molar-refractivity contribution >= 4 is 32.1 Å². The maximum Gasteiger partial charge on any atom is 0.0456 e. The van der Waals surface area contributed by atoms with Crippen LogP contribution in [0, 0.1) is 0 Å². The Bertz CT molecular complexity index is 565. The maximum absolute atomic E-state index is 3.42. The molecule has 0 saturated carbocycles. The number of nitrogens with zero attached hydrogens (tertiary/aromatic N) is 2. The summed E-state index contributed by atoms with van der Waals surface area (Å²) in [5, 5.41) is 3.42. The molecule has 3 nitrogen and oxygen atoms in total. The topological polar surface area (TPSA) is 18.5 Å². The van der Waals surface area contributed by atoms with Gasteiger partial charge in [-0.2, -0.15) is 0 Å². The molecule has 0 atom stereocenters. The number of nitrogens with one attached hydrogen (secondary N) is 1. The Morgan fingerprint density at radius 3 is 2.22 bits per heavy atom. The first-order valence-corrected chi connectivity index (χ1v) is 10.4. The van der Waals surface area contributed by atoms with Crippen LogP contribution in [0.5, 0.6) is 0 Å². The largest absolute Gasteiger partial charge is 0.314 e. The number of rotatable bonds is 8. The average molecular weight is 352 g/mol. The Balaban J connectivity index is 1.45. The molecule has 1 N–H and O–H groups in total. The highest BCUT2D eigenvalue weighted by molar-refractivity contribution is 7.27. The number of fused-ring (bicyclic) bond motifs is 1. The molecule has 128 valence electrons. The van der Waals surface area contributed by atoms with Crippen LogP contribution in [0.1, 0.15) is 22.6 Å². The normalized spacial score (nSPS) is 16.7. The number of thiophene rings is 2. The van der Waals surface area contributed by atoms with E-state index in [0.717, 1.165) is 13.1 Å². The van der Waals surface area contributed by atoms with Crippen LogP contribution in [0.15, 0.2) is 12.1 Å². The number of piperazine rings is 1. The highest BCUT2D eigenvalue weighted by atomic mass is 32.1. The van der Waals surface area contributed by atoms with Crippen molar-refractivity contribution in [2.45, 2.75) is 25.7 Å². The molecule has 0 radical (unpaired) electrons. The summed E-state index contributed by atoms with van der Waals surface area (Å²) in [5.41, 5.74) is 0. The molecule has 1 saturated heterocycles. The molecule has 0 unspecified atom stereocenters. The summed E-state index contributed by atoms with van der Waals surface area (Å²) in [7, 11) is 4.30. The quantitative estimate of drug-likeness (QED) is 0.787. The van der Waals surface area contributed by atoms with Gasteiger partial charge in [0.25, 0.3) is 0 Å². The van der Waals surface area contributed by atoms with Gasteiger partial charge in [0.2, 0.25) is 0 Å². The van der Waals surface area contributed by atoms with Crippen LogP contribution < -0.4 is 5.32 Å². The van der Waals surface area contributed by atoms with Gasteiger partial charge in [-0.3, -0.25) is 0 Å². The fraction of sp³-hybridized carbons (Fsp3) is 0.667. The zero-order valence-corrected chi connectivity index (χ0v) is 16.1. The summed E-state index contributed by atoms with van der Waals surface area (Å²) in [5.74, 6) is 0. The van der Waals surface area contributed by atoms with Crippen LogP contribution in [0.25, 0.3) is 9.40 Å². The van der Waals surface area contributed by atoms with E-state index in [0.29, 0.717) is 0 Å². The lowest BCUT2D eigenvalue weighted by molar-refractivity contribution is 0.239. The predicted molar refractivity (Wildman–Crippen MR) is 104 cm³/mol. The number of hydrogen-bond donors (Lipinski definition) is 1. The SMILES string of the molecule is CN(C)CCCc1cc2sc(CCCN3CCNCC3)cc2s1. The van der Waals surface area contributed by atoms with Crippen molar-refractivity contribution in [1.82, 2.24) is 15.1 Å². The van der Waals surface area contributed by atoms with Crippen LogP contribution in [-0.2, 0) is 12.8 Å². The van der Waals surface area contributed by atoms with Crippen LogP contribution in [0.2, 0.25) is 0 Å². The van der Waals surface area contributed by atoms with Crippen molar-refractivity contribution in [3.8, 4) is 0 Å². The van der Waals surface area contributed by atoms with Crippen LogP contribution >= 0.6 is 22.7 Å². The van der Waals surface area contributed by atoms with E-state index in [-0.39, 0.29) is 0 Å². The molecule has 0 aromatic carbocycles. The third kappa shape index (κ3) is 5.26. The van der Waals surface area contributed by atoms with Crippen molar-refractivity contribution in [2.75, 3.05) is 53.4 Å². The van der Waals surface area contributed by atoms with Crippen LogP contribution in [0.4, 0.5) is 0 Å². The molecule has 1 aliphatic heterocycles. The van der Waals surface area contributed by atoms with E-state index in [9.17, 15) is 0 Å². The van der Waals surface area contributed by atoms with Gasteiger partial charge < -0.3 is 15.1 Å². The summed E-state index contributed by atoms with van der Waals surface area (Å²) < 4.78 is 3.01. The van der Waals surface area contributed by atoms with Gasteiger partial charge in [0.05, 0.1) is 0 Å². The minimum Gasteiger partial charge on any atom is -0.314 e. The van der Waals surface area contributed by atoms with E-state index in [2.05, 4.69) is 41.3 Å². The van der Waals surface area contributed by atoms with E-state index in [4.69, 9.17) is 0 Å². The molecular weight excluding hydrogens is 322 g/mol. The number of hydrogen-bond acceptors (Lipinski definition) is 5. The molecule has 5 heteroatoms. The van der Waals surface area contributed by atoms with Gasteiger partial charge in [-0.1, -0.05) is 0 Å². The van der Waals surface area contributed by atoms with E-state index in [1.807, 2.05) is 22.7 Å². The first kappa shape index (κ1) is 17.4. The van der Waals surface area contributed by atoms with Gasteiger partial charge in [0.15, 0.2) is 0 Å². The van der Waals surface area contributed by atoms with E-state index >= 15 is 0 Å². The Morgan fingerprint density at radius 1 is 1.00 bits per heavy atom. The molecule has 23 heavy (non-hydrogen) atoms. The van der Waals surface area contributed by atoms with E-state index in [1.54, 1.807) is 9.75 Å². The molecule has 1 fully saturated rings. The monoisotopic (exact) mass is 351 g/mol. The molecule has 0 aliphatic carbocycles. The molecule has 0 amide bonds. The van der Waals surface area contributed by atoms with E-state index in [1.165, 1.54) is 61.3 Å². The van der Waals surface area contributed by atoms with Crippen molar-refractivity contribution in [1.29, 1.82) is 0 Å². The van der Waals surface area contributed by atoms with Crippen molar-refractivity contribution in [3.63, 3.8) is 0 Å². The Hall–Kier alpha value is -0.460. The Kier molecular flexibility index (Phi) is 6.48. The molecule has 2 aromatic heterocycles. The standard InChI is InChI=1S/C18H29N3S2/c1-20(2)9-3-5-15-13-17-18(22-15)14-16(23-17)6-4-10-21-11-7-19-8-12-21/h13-14,19H,3-12H2,1-2H3. The van der Waals surface area contributed by atoms with Gasteiger partial charge in [0.1, 0.15) is 0 Å². The second-order valence-electron chi connectivity index (χ2n) is 6.76. The average Bonchev–Trinajstić information content (AvgIpc) is 3.06. The number of aryl methyl sites for hydroxylation is 2. The second-order valence-corrected chi connectivity index (χ2v) is 9.09. The zero-order chi connectivity index (χ0) is 16.1. The third-order valence-corrected chi connectivity index (χ3v) is 6.86. The van der Waals surface area contributed by atoms with Crippen LogP contribution in [-0.4, -0.2) is 63.2 Å². The fourth-order valence-corrected chi connectivity index (χ4v) is 5.70. The molecule has 0 spiro atoms. The summed E-state index contributed by atoms with van der Waals surface area (Å²) >= 11 is 4.02. The van der Waals surface area contributed by atoms with Crippen molar-refractivity contribution in [3.05, 3.63) is 21.9 Å². The third-order valence-electron chi connectivity index (χ3n) is 4.44. The molecule has 2 aromatic rings. The smallest absolute Gasteiger partial charge is 0.0456 e. The maximum atomic E-state index is 3.42. The van der Waals surface area contributed by atoms with Crippen molar-refractivity contribution in [2.24, 2.45) is 0 Å². The van der Waals surface area contributed by atoms with Crippen LogP contribution in [0.3, 0.4) is 0 Å². The highest BCUT2D eigenvalue weighted by Gasteiger charge is 2.10. The first-order valence-electron chi connectivity index (χ1n) is 8.79. The lowest BCUT2D eigenvalue weighted by Gasteiger charge is -2.26. The summed E-state index contributed by atoms with van der Waals surface area (Å²) in [6.45, 7) is 7.19. The van der Waals surface area contributed by atoms with Gasteiger partial charge in [-0.05, 0) is 65.0 Å². The minimum atomic E-state index is 1.16. The summed E-state index contributed by atoms with van der Waals surface area (Å²) in [4.78, 5) is 7.99. The predicted octanol–water partition coefficient (Wildman–Crippen LogP) is 3.29. The van der Waals surface area contributed by atoms with Crippen molar-refractivity contribution < 1.29 is 0 Å². The fourth-order valence-electron chi connectivity index (χ4n) is 3.16. The van der Waals surface area contributed by atoms with E-state index < -0.39 is 0 Å². The second kappa shape index (κ2) is 8.58. The lowest BCUT2D eigenvalue weighted by atomic mass is 10.2. The molecule has 0 bridgehead atoms. The summed E-state index contributed by atoms with van der Waals surface area (Å²) in [6.07, 6.45) is 5.02. The first-order chi connectivity index (χ1) is 11.2. The molecule has 3 rings (SSSR count). The zero-order valence-electron chi connectivity index (χ0n) is 14.4. The lowest BCUT2D eigenvalue weighted by Crippen LogP contribution is -2.43. The van der Waals surface area contributed by atoms with Gasteiger partial charge >= 0.3 is 0 Å². The Labute approximate surface area is 148 Å². The van der Waals surface area contributed by atoms with Gasteiger partial charge in [-0.25, -0.2) is 0 Å². The van der Waals surface area contributed by atoms with Gasteiger partial charge in [-0.15, -0.1) is 22.7 Å². The minimum absolute atomic E-state index is 1.16. The summed E-state index contributed by atoms with van der Waals surface area (Å²) in [6, 6.07) is 4.87. The Morgan fingerprint density at radius 2 is 1.61 bits per heavy atom. The highest BCUT2D eigenvalue weighted by Crippen LogP contribution is 2.34. The molecular formula is C18H29N3S2. The molecule has 1 aliphatic rings. The molecule has 3 heterocycles. The van der Waals surface area contributed by atoms with Gasteiger partial charge in [0, 0.05) is 45.3 Å².